The zero-order valence-corrected chi connectivity index (χ0v) is 13.6. The normalized spacial score (nSPS) is 18.2. The zero-order chi connectivity index (χ0) is 16.2. The summed E-state index contributed by atoms with van der Waals surface area (Å²) in [5, 5.41) is 6.88. The van der Waals surface area contributed by atoms with Crippen molar-refractivity contribution in [1.82, 2.24) is 15.3 Å². The molecule has 0 aliphatic carbocycles. The molecule has 4 nitrogen and oxygen atoms in total. The number of piperidine rings is 1. The van der Waals surface area contributed by atoms with Crippen molar-refractivity contribution >= 4 is 5.82 Å². The van der Waals surface area contributed by atoms with Crippen LogP contribution in [0.4, 0.5) is 10.2 Å². The third-order valence-corrected chi connectivity index (χ3v) is 4.07. The second-order valence-electron chi connectivity index (χ2n) is 6.35. The van der Waals surface area contributed by atoms with E-state index in [2.05, 4.69) is 34.4 Å². The molecule has 1 atom stereocenters. The minimum atomic E-state index is -0.271. The van der Waals surface area contributed by atoms with Crippen LogP contribution in [0.1, 0.15) is 38.3 Å². The Kier molecular flexibility index (Phi) is 4.86. The maximum atomic E-state index is 13.5. The molecule has 0 spiro atoms. The van der Waals surface area contributed by atoms with E-state index in [0.717, 1.165) is 37.4 Å². The van der Waals surface area contributed by atoms with Crippen LogP contribution in [0, 0.1) is 5.82 Å². The molecule has 23 heavy (non-hydrogen) atoms. The SMILES string of the molecule is CC(C)c1cc(NC2CCCNC2)nc(-c2cccc(F)c2)n1. The highest BCUT2D eigenvalue weighted by atomic mass is 19.1. The van der Waals surface area contributed by atoms with E-state index in [0.29, 0.717) is 17.4 Å². The summed E-state index contributed by atoms with van der Waals surface area (Å²) in [6, 6.07) is 8.82. The first-order chi connectivity index (χ1) is 11.1. The van der Waals surface area contributed by atoms with E-state index in [4.69, 9.17) is 0 Å². The molecule has 0 radical (unpaired) electrons. The van der Waals surface area contributed by atoms with Crippen LogP contribution in [0.2, 0.25) is 0 Å². The number of rotatable bonds is 4. The Morgan fingerprint density at radius 3 is 2.83 bits per heavy atom. The lowest BCUT2D eigenvalue weighted by molar-refractivity contribution is 0.479. The molecule has 0 amide bonds. The zero-order valence-electron chi connectivity index (χ0n) is 13.6. The largest absolute Gasteiger partial charge is 0.366 e. The van der Waals surface area contributed by atoms with Gasteiger partial charge >= 0.3 is 0 Å². The number of aromatic nitrogens is 2. The molecule has 0 saturated carbocycles. The van der Waals surface area contributed by atoms with Crippen molar-refractivity contribution in [2.24, 2.45) is 0 Å². The van der Waals surface area contributed by atoms with E-state index in [9.17, 15) is 4.39 Å². The molecule has 5 heteroatoms. The van der Waals surface area contributed by atoms with Crippen LogP contribution in [0.3, 0.4) is 0 Å². The summed E-state index contributed by atoms with van der Waals surface area (Å²) in [5.74, 6) is 1.40. The van der Waals surface area contributed by atoms with Gasteiger partial charge in [-0.1, -0.05) is 26.0 Å². The molecule has 0 bridgehead atoms. The molecule has 1 aromatic heterocycles. The highest BCUT2D eigenvalue weighted by Crippen LogP contribution is 2.23. The molecule has 2 aromatic rings. The maximum Gasteiger partial charge on any atom is 0.161 e. The van der Waals surface area contributed by atoms with Crippen molar-refractivity contribution in [2.75, 3.05) is 18.4 Å². The Bertz CT molecular complexity index is 666. The van der Waals surface area contributed by atoms with Gasteiger partial charge < -0.3 is 10.6 Å². The van der Waals surface area contributed by atoms with Gasteiger partial charge in [0.15, 0.2) is 5.82 Å². The minimum Gasteiger partial charge on any atom is -0.366 e. The quantitative estimate of drug-likeness (QED) is 0.906. The standard InChI is InChI=1S/C18H23FN4/c1-12(2)16-10-17(21-15-7-4-8-20-11-15)23-18(22-16)13-5-3-6-14(19)9-13/h3,5-6,9-10,12,15,20H,4,7-8,11H2,1-2H3,(H,21,22,23). The lowest BCUT2D eigenvalue weighted by atomic mass is 10.1. The molecule has 1 aliphatic heterocycles. The number of hydrogen-bond donors (Lipinski definition) is 2. The van der Waals surface area contributed by atoms with Gasteiger partial charge in [0.25, 0.3) is 0 Å². The molecule has 1 fully saturated rings. The van der Waals surface area contributed by atoms with Crippen LogP contribution in [0.25, 0.3) is 11.4 Å². The number of halogens is 1. The molecule has 1 aromatic carbocycles. The highest BCUT2D eigenvalue weighted by molar-refractivity contribution is 5.58. The van der Waals surface area contributed by atoms with Gasteiger partial charge in [-0.2, -0.15) is 0 Å². The van der Waals surface area contributed by atoms with Crippen molar-refractivity contribution in [2.45, 2.75) is 38.6 Å². The van der Waals surface area contributed by atoms with Crippen molar-refractivity contribution in [3.05, 3.63) is 41.8 Å². The average molecular weight is 314 g/mol. The third kappa shape index (κ3) is 4.05. The summed E-state index contributed by atoms with van der Waals surface area (Å²) in [7, 11) is 0. The Balaban J connectivity index is 1.92. The monoisotopic (exact) mass is 314 g/mol. The fraction of sp³-hybridized carbons (Fsp3) is 0.444. The first-order valence-electron chi connectivity index (χ1n) is 8.24. The number of anilines is 1. The van der Waals surface area contributed by atoms with Gasteiger partial charge in [0.2, 0.25) is 0 Å². The summed E-state index contributed by atoms with van der Waals surface area (Å²) in [6.07, 6.45) is 2.29. The van der Waals surface area contributed by atoms with E-state index in [1.807, 2.05) is 12.1 Å². The summed E-state index contributed by atoms with van der Waals surface area (Å²) in [5.41, 5.74) is 1.67. The van der Waals surface area contributed by atoms with Gasteiger partial charge in [0.1, 0.15) is 11.6 Å². The Morgan fingerprint density at radius 1 is 1.26 bits per heavy atom. The summed E-state index contributed by atoms with van der Waals surface area (Å²) in [4.78, 5) is 9.21. The molecule has 2 heterocycles. The van der Waals surface area contributed by atoms with Crippen molar-refractivity contribution in [3.8, 4) is 11.4 Å². The molecule has 122 valence electrons. The molecular formula is C18H23FN4. The Morgan fingerprint density at radius 2 is 2.13 bits per heavy atom. The molecular weight excluding hydrogens is 291 g/mol. The predicted octanol–water partition coefficient (Wildman–Crippen LogP) is 3.57. The second kappa shape index (κ2) is 7.04. The van der Waals surface area contributed by atoms with E-state index in [1.165, 1.54) is 12.1 Å². The number of nitrogens with one attached hydrogen (secondary N) is 2. The number of hydrogen-bond acceptors (Lipinski definition) is 4. The van der Waals surface area contributed by atoms with E-state index in [-0.39, 0.29) is 11.7 Å². The fourth-order valence-electron chi connectivity index (χ4n) is 2.78. The van der Waals surface area contributed by atoms with Gasteiger partial charge in [-0.05, 0) is 37.4 Å². The maximum absolute atomic E-state index is 13.5. The third-order valence-electron chi connectivity index (χ3n) is 4.07. The summed E-state index contributed by atoms with van der Waals surface area (Å²) in [6.45, 7) is 6.22. The Hall–Kier alpha value is -2.01. The second-order valence-corrected chi connectivity index (χ2v) is 6.35. The average Bonchev–Trinajstić information content (AvgIpc) is 2.55. The van der Waals surface area contributed by atoms with Crippen LogP contribution < -0.4 is 10.6 Å². The van der Waals surface area contributed by atoms with Crippen LogP contribution in [0.15, 0.2) is 30.3 Å². The van der Waals surface area contributed by atoms with E-state index >= 15 is 0 Å². The van der Waals surface area contributed by atoms with Crippen LogP contribution in [-0.2, 0) is 0 Å². The van der Waals surface area contributed by atoms with Gasteiger partial charge in [0, 0.05) is 29.9 Å². The van der Waals surface area contributed by atoms with Crippen LogP contribution >= 0.6 is 0 Å². The molecule has 1 aliphatic rings. The van der Waals surface area contributed by atoms with Gasteiger partial charge in [-0.15, -0.1) is 0 Å². The van der Waals surface area contributed by atoms with Gasteiger partial charge in [0.05, 0.1) is 0 Å². The van der Waals surface area contributed by atoms with E-state index < -0.39 is 0 Å². The van der Waals surface area contributed by atoms with Crippen molar-refractivity contribution in [1.29, 1.82) is 0 Å². The van der Waals surface area contributed by atoms with Crippen molar-refractivity contribution in [3.63, 3.8) is 0 Å². The first kappa shape index (κ1) is 15.9. The van der Waals surface area contributed by atoms with Crippen LogP contribution in [-0.4, -0.2) is 29.1 Å². The fourth-order valence-corrected chi connectivity index (χ4v) is 2.78. The van der Waals surface area contributed by atoms with Gasteiger partial charge in [-0.3, -0.25) is 0 Å². The molecule has 1 saturated heterocycles. The topological polar surface area (TPSA) is 49.8 Å². The first-order valence-corrected chi connectivity index (χ1v) is 8.24. The van der Waals surface area contributed by atoms with Crippen molar-refractivity contribution < 1.29 is 4.39 Å². The lowest BCUT2D eigenvalue weighted by Crippen LogP contribution is -2.38. The van der Waals surface area contributed by atoms with Crippen LogP contribution in [0.5, 0.6) is 0 Å². The number of benzene rings is 1. The summed E-state index contributed by atoms with van der Waals surface area (Å²) < 4.78 is 13.5. The molecule has 2 N–H and O–H groups in total. The smallest absolute Gasteiger partial charge is 0.161 e. The van der Waals surface area contributed by atoms with E-state index in [1.54, 1.807) is 6.07 Å². The van der Waals surface area contributed by atoms with Gasteiger partial charge in [-0.25, -0.2) is 14.4 Å². The minimum absolute atomic E-state index is 0.271. The highest BCUT2D eigenvalue weighted by Gasteiger charge is 2.15. The molecule has 3 rings (SSSR count). The number of nitrogens with zero attached hydrogens (tertiary/aromatic N) is 2. The predicted molar refractivity (Wildman–Crippen MR) is 91.0 cm³/mol. The molecule has 1 unspecified atom stereocenters. The summed E-state index contributed by atoms with van der Waals surface area (Å²) >= 11 is 0. The lowest BCUT2D eigenvalue weighted by Gasteiger charge is -2.24. The Labute approximate surface area is 136 Å².